The molecule has 0 fully saturated rings. The number of hydrogen-bond acceptors (Lipinski definition) is 6. The van der Waals surface area contributed by atoms with Crippen LogP contribution < -0.4 is 16.0 Å². The number of aromatic nitrogens is 3. The summed E-state index contributed by atoms with van der Waals surface area (Å²) in [6.07, 6.45) is 3.50. The number of halogens is 1. The van der Waals surface area contributed by atoms with E-state index in [-0.39, 0.29) is 0 Å². The van der Waals surface area contributed by atoms with Crippen LogP contribution in [0.2, 0.25) is 5.02 Å². The largest absolute Gasteiger partial charge is 0.383 e. The maximum Gasteiger partial charge on any atom is 0.224 e. The van der Waals surface area contributed by atoms with Gasteiger partial charge in [0.05, 0.1) is 5.52 Å². The van der Waals surface area contributed by atoms with E-state index in [0.29, 0.717) is 24.1 Å². The lowest BCUT2D eigenvalue weighted by molar-refractivity contribution is 1.03. The number of fused-ring (bicyclic) bond motifs is 1. The molecule has 0 radical (unpaired) electrons. The molecule has 0 spiro atoms. The van der Waals surface area contributed by atoms with Gasteiger partial charge in [0.25, 0.3) is 0 Å². The Hall–Kier alpha value is -3.38. The normalized spacial score (nSPS) is 10.6. The standard InChI is InChI=1S/C21H19ClN6/c22-15-6-7-17-18(8-10-23-19(17)14-15)24-12-13-26-21-25-11-9-20(28-21)27-16-4-2-1-3-5-16/h1-11,14H,12-13H2,(H,23,24)(H2,25,26,27,28). The van der Waals surface area contributed by atoms with E-state index in [1.165, 1.54) is 0 Å². The number of rotatable bonds is 7. The minimum atomic E-state index is 0.578. The highest BCUT2D eigenvalue weighted by Crippen LogP contribution is 2.24. The average Bonchev–Trinajstić information content (AvgIpc) is 2.72. The van der Waals surface area contributed by atoms with Gasteiger partial charge in [-0.3, -0.25) is 4.98 Å². The van der Waals surface area contributed by atoms with E-state index >= 15 is 0 Å². The van der Waals surface area contributed by atoms with Crippen LogP contribution >= 0.6 is 11.6 Å². The van der Waals surface area contributed by atoms with E-state index in [4.69, 9.17) is 11.6 Å². The third-order valence-corrected chi connectivity index (χ3v) is 4.37. The quantitative estimate of drug-likeness (QED) is 0.388. The molecule has 28 heavy (non-hydrogen) atoms. The maximum atomic E-state index is 6.04. The summed E-state index contributed by atoms with van der Waals surface area (Å²) in [6.45, 7) is 1.38. The van der Waals surface area contributed by atoms with E-state index < -0.39 is 0 Å². The van der Waals surface area contributed by atoms with Gasteiger partial charge in [0.15, 0.2) is 0 Å². The predicted molar refractivity (Wildman–Crippen MR) is 115 cm³/mol. The van der Waals surface area contributed by atoms with Crippen molar-refractivity contribution in [1.29, 1.82) is 0 Å². The fourth-order valence-electron chi connectivity index (χ4n) is 2.83. The van der Waals surface area contributed by atoms with Gasteiger partial charge >= 0.3 is 0 Å². The lowest BCUT2D eigenvalue weighted by Crippen LogP contribution is -2.15. The smallest absolute Gasteiger partial charge is 0.224 e. The molecule has 0 atom stereocenters. The van der Waals surface area contributed by atoms with Crippen LogP contribution in [-0.2, 0) is 0 Å². The molecule has 2 heterocycles. The summed E-state index contributed by atoms with van der Waals surface area (Å²) < 4.78 is 0. The van der Waals surface area contributed by atoms with Gasteiger partial charge in [-0.1, -0.05) is 29.8 Å². The van der Waals surface area contributed by atoms with Gasteiger partial charge in [-0.15, -0.1) is 0 Å². The van der Waals surface area contributed by atoms with Crippen molar-refractivity contribution in [1.82, 2.24) is 15.0 Å². The van der Waals surface area contributed by atoms with Gasteiger partial charge in [-0.25, -0.2) is 4.98 Å². The maximum absolute atomic E-state index is 6.04. The minimum Gasteiger partial charge on any atom is -0.383 e. The van der Waals surface area contributed by atoms with Gasteiger partial charge in [0, 0.05) is 47.3 Å². The van der Waals surface area contributed by atoms with Gasteiger partial charge in [0.2, 0.25) is 5.95 Å². The van der Waals surface area contributed by atoms with Crippen LogP contribution in [-0.4, -0.2) is 28.0 Å². The molecule has 0 aliphatic carbocycles. The summed E-state index contributed by atoms with van der Waals surface area (Å²) in [7, 11) is 0. The molecule has 0 aliphatic heterocycles. The third kappa shape index (κ3) is 4.47. The van der Waals surface area contributed by atoms with Crippen LogP contribution in [0.3, 0.4) is 0 Å². The van der Waals surface area contributed by atoms with Gasteiger partial charge in [-0.2, -0.15) is 4.98 Å². The van der Waals surface area contributed by atoms with Crippen molar-refractivity contribution in [3.63, 3.8) is 0 Å². The van der Waals surface area contributed by atoms with Gasteiger partial charge in [-0.05, 0) is 42.5 Å². The molecular weight excluding hydrogens is 372 g/mol. The number of benzene rings is 2. The first-order chi connectivity index (χ1) is 13.8. The second-order valence-electron chi connectivity index (χ2n) is 6.13. The zero-order valence-corrected chi connectivity index (χ0v) is 15.8. The zero-order chi connectivity index (χ0) is 19.2. The van der Waals surface area contributed by atoms with Crippen molar-refractivity contribution < 1.29 is 0 Å². The number of para-hydroxylation sites is 1. The number of hydrogen-bond donors (Lipinski definition) is 3. The molecule has 4 aromatic rings. The van der Waals surface area contributed by atoms with Crippen molar-refractivity contribution in [3.05, 3.63) is 78.1 Å². The molecule has 3 N–H and O–H groups in total. The fraction of sp³-hybridized carbons (Fsp3) is 0.0952. The first kappa shape index (κ1) is 18.0. The first-order valence-electron chi connectivity index (χ1n) is 8.95. The number of anilines is 4. The molecule has 0 saturated carbocycles. The second kappa shape index (κ2) is 8.54. The number of nitrogens with one attached hydrogen (secondary N) is 3. The zero-order valence-electron chi connectivity index (χ0n) is 15.1. The molecule has 0 amide bonds. The van der Waals surface area contributed by atoms with Gasteiger partial charge in [0.1, 0.15) is 5.82 Å². The molecule has 0 aliphatic rings. The van der Waals surface area contributed by atoms with E-state index in [1.807, 2.05) is 60.7 Å². The Labute approximate surface area is 168 Å². The molecule has 2 aromatic carbocycles. The van der Waals surface area contributed by atoms with E-state index in [1.54, 1.807) is 12.4 Å². The second-order valence-corrected chi connectivity index (χ2v) is 6.57. The van der Waals surface area contributed by atoms with Crippen molar-refractivity contribution in [2.75, 3.05) is 29.0 Å². The lowest BCUT2D eigenvalue weighted by atomic mass is 10.2. The van der Waals surface area contributed by atoms with Crippen LogP contribution in [0, 0.1) is 0 Å². The first-order valence-corrected chi connectivity index (χ1v) is 9.33. The topological polar surface area (TPSA) is 74.8 Å². The predicted octanol–water partition coefficient (Wildman–Crippen LogP) is 4.95. The SMILES string of the molecule is Clc1ccc2c(NCCNc3nccc(Nc4ccccc4)n3)ccnc2c1. The average molecular weight is 391 g/mol. The Balaban J connectivity index is 1.34. The minimum absolute atomic E-state index is 0.578. The van der Waals surface area contributed by atoms with Crippen molar-refractivity contribution in [2.24, 2.45) is 0 Å². The molecule has 6 nitrogen and oxygen atoms in total. The molecule has 140 valence electrons. The van der Waals surface area contributed by atoms with E-state index in [0.717, 1.165) is 28.1 Å². The van der Waals surface area contributed by atoms with Crippen LogP contribution in [0.4, 0.5) is 23.1 Å². The fourth-order valence-corrected chi connectivity index (χ4v) is 3.00. The summed E-state index contributed by atoms with van der Waals surface area (Å²) in [4.78, 5) is 13.1. The van der Waals surface area contributed by atoms with Crippen LogP contribution in [0.5, 0.6) is 0 Å². The molecule has 0 bridgehead atoms. The number of nitrogens with zero attached hydrogens (tertiary/aromatic N) is 3. The third-order valence-electron chi connectivity index (χ3n) is 4.13. The highest BCUT2D eigenvalue weighted by molar-refractivity contribution is 6.31. The van der Waals surface area contributed by atoms with E-state index in [2.05, 4.69) is 30.9 Å². The number of pyridine rings is 1. The molecule has 4 rings (SSSR count). The Morgan fingerprint density at radius 2 is 1.64 bits per heavy atom. The van der Waals surface area contributed by atoms with Crippen molar-refractivity contribution in [3.8, 4) is 0 Å². The Morgan fingerprint density at radius 1 is 0.821 bits per heavy atom. The summed E-state index contributed by atoms with van der Waals surface area (Å²) in [5.41, 5.74) is 2.87. The molecular formula is C21H19ClN6. The summed E-state index contributed by atoms with van der Waals surface area (Å²) in [6, 6.07) is 19.4. The van der Waals surface area contributed by atoms with Crippen LogP contribution in [0.1, 0.15) is 0 Å². The monoisotopic (exact) mass is 390 g/mol. The summed E-state index contributed by atoms with van der Waals surface area (Å²) >= 11 is 6.04. The summed E-state index contributed by atoms with van der Waals surface area (Å²) in [5.74, 6) is 1.32. The van der Waals surface area contributed by atoms with Gasteiger partial charge < -0.3 is 16.0 Å². The highest BCUT2D eigenvalue weighted by atomic mass is 35.5. The van der Waals surface area contributed by atoms with Crippen LogP contribution in [0.25, 0.3) is 10.9 Å². The Kier molecular flexibility index (Phi) is 5.49. The van der Waals surface area contributed by atoms with E-state index in [9.17, 15) is 0 Å². The molecule has 0 unspecified atom stereocenters. The van der Waals surface area contributed by atoms with Crippen molar-refractivity contribution >= 4 is 45.6 Å². The Bertz CT molecular complexity index is 1070. The lowest BCUT2D eigenvalue weighted by Gasteiger charge is -2.11. The van der Waals surface area contributed by atoms with Crippen LogP contribution in [0.15, 0.2) is 73.1 Å². The highest BCUT2D eigenvalue weighted by Gasteiger charge is 2.03. The molecule has 2 aromatic heterocycles. The van der Waals surface area contributed by atoms with Crippen molar-refractivity contribution in [2.45, 2.75) is 0 Å². The molecule has 7 heteroatoms. The molecule has 0 saturated heterocycles. The summed E-state index contributed by atoms with van der Waals surface area (Å²) in [5, 5.41) is 11.6. The Morgan fingerprint density at radius 3 is 2.54 bits per heavy atom.